The van der Waals surface area contributed by atoms with Gasteiger partial charge in [0.2, 0.25) is 0 Å². The largest absolute Gasteiger partial charge is 0.324 e. The van der Waals surface area contributed by atoms with E-state index in [0.717, 1.165) is 0 Å². The van der Waals surface area contributed by atoms with E-state index in [-0.39, 0.29) is 0 Å². The van der Waals surface area contributed by atoms with Crippen molar-refractivity contribution in [1.82, 2.24) is 4.98 Å². The van der Waals surface area contributed by atoms with Gasteiger partial charge in [-0.05, 0) is 19.4 Å². The summed E-state index contributed by atoms with van der Waals surface area (Å²) in [5.41, 5.74) is 0.513. The maximum atomic E-state index is 12.7. The van der Waals surface area contributed by atoms with Gasteiger partial charge >= 0.3 is 5.69 Å². The first kappa shape index (κ1) is 8.58. The standard InChI is InChI=1S/C7H7FN2O2/c1-4-3-6(10(11)12)7(8)9-5(4)2/h3H,1-2H3. The van der Waals surface area contributed by atoms with Crippen LogP contribution in [-0.2, 0) is 0 Å². The molecule has 0 N–H and O–H groups in total. The van der Waals surface area contributed by atoms with Crippen molar-refractivity contribution in [3.8, 4) is 0 Å². The van der Waals surface area contributed by atoms with Crippen LogP contribution in [0.2, 0.25) is 0 Å². The minimum absolute atomic E-state index is 0.470. The molecule has 0 aromatic carbocycles. The molecule has 1 heterocycles. The van der Waals surface area contributed by atoms with Crippen molar-refractivity contribution >= 4 is 5.69 Å². The third-order valence-electron chi connectivity index (χ3n) is 1.60. The first-order chi connectivity index (χ1) is 5.52. The van der Waals surface area contributed by atoms with Crippen LogP contribution in [0.25, 0.3) is 0 Å². The molecule has 0 aliphatic carbocycles. The van der Waals surface area contributed by atoms with Crippen LogP contribution in [0.4, 0.5) is 10.1 Å². The van der Waals surface area contributed by atoms with E-state index in [2.05, 4.69) is 4.98 Å². The smallest absolute Gasteiger partial charge is 0.258 e. The van der Waals surface area contributed by atoms with Crippen LogP contribution in [0.15, 0.2) is 6.07 Å². The Morgan fingerprint density at radius 3 is 2.67 bits per heavy atom. The lowest BCUT2D eigenvalue weighted by molar-refractivity contribution is -0.388. The summed E-state index contributed by atoms with van der Waals surface area (Å²) in [5.74, 6) is -1.02. The molecule has 4 nitrogen and oxygen atoms in total. The number of aryl methyl sites for hydroxylation is 2. The Kier molecular flexibility index (Phi) is 2.03. The van der Waals surface area contributed by atoms with Gasteiger partial charge < -0.3 is 0 Å². The SMILES string of the molecule is Cc1cc([N+](=O)[O-])c(F)nc1C. The fourth-order valence-electron chi connectivity index (χ4n) is 0.790. The van der Waals surface area contributed by atoms with Crippen molar-refractivity contribution in [1.29, 1.82) is 0 Å². The Balaban J connectivity index is 3.33. The summed E-state index contributed by atoms with van der Waals surface area (Å²) in [5, 5.41) is 10.2. The first-order valence-electron chi connectivity index (χ1n) is 3.30. The van der Waals surface area contributed by atoms with E-state index in [1.54, 1.807) is 13.8 Å². The van der Waals surface area contributed by atoms with Crippen LogP contribution in [0.1, 0.15) is 11.3 Å². The van der Waals surface area contributed by atoms with Crippen molar-refractivity contribution in [2.45, 2.75) is 13.8 Å². The average Bonchev–Trinajstić information content (AvgIpc) is 1.96. The fraction of sp³-hybridized carbons (Fsp3) is 0.286. The zero-order valence-corrected chi connectivity index (χ0v) is 6.67. The Hall–Kier alpha value is -1.52. The van der Waals surface area contributed by atoms with Gasteiger partial charge in [-0.3, -0.25) is 10.1 Å². The van der Waals surface area contributed by atoms with E-state index >= 15 is 0 Å². The zero-order chi connectivity index (χ0) is 9.30. The molecule has 0 atom stereocenters. The summed E-state index contributed by atoms with van der Waals surface area (Å²) in [7, 11) is 0. The van der Waals surface area contributed by atoms with Gasteiger partial charge in [-0.1, -0.05) is 0 Å². The van der Waals surface area contributed by atoms with Gasteiger partial charge in [0.15, 0.2) is 0 Å². The van der Waals surface area contributed by atoms with Crippen LogP contribution in [0, 0.1) is 29.9 Å². The van der Waals surface area contributed by atoms with E-state index < -0.39 is 16.6 Å². The minimum Gasteiger partial charge on any atom is -0.258 e. The molecule has 1 aromatic rings. The van der Waals surface area contributed by atoms with Crippen LogP contribution in [0.5, 0.6) is 0 Å². The number of pyridine rings is 1. The summed E-state index contributed by atoms with van der Waals surface area (Å²) in [4.78, 5) is 12.8. The lowest BCUT2D eigenvalue weighted by atomic mass is 10.2. The number of halogens is 1. The third-order valence-corrected chi connectivity index (χ3v) is 1.60. The van der Waals surface area contributed by atoms with E-state index in [1.807, 2.05) is 0 Å². The lowest BCUT2D eigenvalue weighted by Gasteiger charge is -1.98. The van der Waals surface area contributed by atoms with E-state index in [1.165, 1.54) is 6.07 Å². The molecular formula is C7H7FN2O2. The van der Waals surface area contributed by atoms with Crippen molar-refractivity contribution in [3.05, 3.63) is 33.4 Å². The molecule has 5 heteroatoms. The highest BCUT2D eigenvalue weighted by Crippen LogP contribution is 2.17. The quantitative estimate of drug-likeness (QED) is 0.366. The summed E-state index contributed by atoms with van der Waals surface area (Å²) >= 11 is 0. The molecule has 0 unspecified atom stereocenters. The molecule has 12 heavy (non-hydrogen) atoms. The summed E-state index contributed by atoms with van der Waals surface area (Å²) in [6.07, 6.45) is 0. The van der Waals surface area contributed by atoms with Gasteiger partial charge in [-0.2, -0.15) is 4.39 Å². The summed E-state index contributed by atoms with van der Waals surface area (Å²) < 4.78 is 12.7. The molecule has 64 valence electrons. The van der Waals surface area contributed by atoms with Gasteiger partial charge in [-0.15, -0.1) is 0 Å². The van der Waals surface area contributed by atoms with Crippen molar-refractivity contribution in [2.24, 2.45) is 0 Å². The van der Waals surface area contributed by atoms with Crippen molar-refractivity contribution in [2.75, 3.05) is 0 Å². The molecule has 1 rings (SSSR count). The second kappa shape index (κ2) is 2.84. The molecular weight excluding hydrogens is 163 g/mol. The molecule has 0 amide bonds. The number of hydrogen-bond donors (Lipinski definition) is 0. The first-order valence-corrected chi connectivity index (χ1v) is 3.30. The Morgan fingerprint density at radius 2 is 2.17 bits per heavy atom. The predicted octanol–water partition coefficient (Wildman–Crippen LogP) is 1.75. The Bertz CT molecular complexity index is 338. The molecule has 0 spiro atoms. The molecule has 0 saturated heterocycles. The van der Waals surface area contributed by atoms with Gasteiger partial charge in [0.05, 0.1) is 4.92 Å². The number of hydrogen-bond acceptors (Lipinski definition) is 3. The van der Waals surface area contributed by atoms with Gasteiger partial charge in [0, 0.05) is 11.8 Å². The highest BCUT2D eigenvalue weighted by molar-refractivity contribution is 5.34. The summed E-state index contributed by atoms with van der Waals surface area (Å²) in [6, 6.07) is 1.18. The van der Waals surface area contributed by atoms with E-state index in [0.29, 0.717) is 11.3 Å². The molecule has 0 bridgehead atoms. The molecule has 0 radical (unpaired) electrons. The van der Waals surface area contributed by atoms with Crippen LogP contribution in [-0.4, -0.2) is 9.91 Å². The number of nitrogens with zero attached hydrogens (tertiary/aromatic N) is 2. The second-order valence-corrected chi connectivity index (χ2v) is 2.46. The maximum absolute atomic E-state index is 12.7. The van der Waals surface area contributed by atoms with E-state index in [4.69, 9.17) is 0 Å². The number of nitro groups is 1. The highest BCUT2D eigenvalue weighted by Gasteiger charge is 2.16. The molecule has 0 saturated carbocycles. The lowest BCUT2D eigenvalue weighted by Crippen LogP contribution is -1.98. The van der Waals surface area contributed by atoms with Gasteiger partial charge in [-0.25, -0.2) is 4.98 Å². The summed E-state index contributed by atoms with van der Waals surface area (Å²) in [6.45, 7) is 3.25. The molecule has 0 aliphatic rings. The molecule has 0 aliphatic heterocycles. The monoisotopic (exact) mass is 170 g/mol. The second-order valence-electron chi connectivity index (χ2n) is 2.46. The normalized spacial score (nSPS) is 9.92. The predicted molar refractivity (Wildman–Crippen MR) is 40.3 cm³/mol. The maximum Gasteiger partial charge on any atom is 0.324 e. The van der Waals surface area contributed by atoms with Crippen LogP contribution >= 0.6 is 0 Å². The van der Waals surface area contributed by atoms with Crippen LogP contribution < -0.4 is 0 Å². The molecule has 1 aromatic heterocycles. The average molecular weight is 170 g/mol. The zero-order valence-electron chi connectivity index (χ0n) is 6.67. The van der Waals surface area contributed by atoms with Crippen LogP contribution in [0.3, 0.4) is 0 Å². The fourth-order valence-corrected chi connectivity index (χ4v) is 0.790. The third kappa shape index (κ3) is 1.39. The minimum atomic E-state index is -1.02. The van der Waals surface area contributed by atoms with Gasteiger partial charge in [0.1, 0.15) is 0 Å². The van der Waals surface area contributed by atoms with Crippen molar-refractivity contribution in [3.63, 3.8) is 0 Å². The number of aromatic nitrogens is 1. The van der Waals surface area contributed by atoms with Gasteiger partial charge in [0.25, 0.3) is 5.95 Å². The molecule has 0 fully saturated rings. The number of rotatable bonds is 1. The van der Waals surface area contributed by atoms with Crippen molar-refractivity contribution < 1.29 is 9.31 Å². The van der Waals surface area contributed by atoms with E-state index in [9.17, 15) is 14.5 Å². The highest BCUT2D eigenvalue weighted by atomic mass is 19.1. The topological polar surface area (TPSA) is 56.0 Å². The Morgan fingerprint density at radius 1 is 1.58 bits per heavy atom. The Labute approximate surface area is 68.2 Å².